The highest BCUT2D eigenvalue weighted by molar-refractivity contribution is 5.49. The molecular weight excluding hydrogens is 378 g/mol. The molecule has 0 radical (unpaired) electrons. The maximum absolute atomic E-state index is 10.7. The van der Waals surface area contributed by atoms with Crippen LogP contribution in [0.2, 0.25) is 0 Å². The summed E-state index contributed by atoms with van der Waals surface area (Å²) in [5.74, 6) is 2.55. The number of pyridine rings is 2. The Morgan fingerprint density at radius 1 is 1.00 bits per heavy atom. The first-order valence-corrected chi connectivity index (χ1v) is 10.1. The molecule has 2 N–H and O–H groups in total. The molecule has 0 aliphatic carbocycles. The first kappa shape index (κ1) is 20.0. The van der Waals surface area contributed by atoms with Crippen molar-refractivity contribution < 1.29 is 9.84 Å². The fraction of sp³-hybridized carbons (Fsp3) is 0.304. The summed E-state index contributed by atoms with van der Waals surface area (Å²) in [4.78, 5) is 13.4. The fourth-order valence-corrected chi connectivity index (χ4v) is 3.68. The van der Waals surface area contributed by atoms with E-state index in [1.807, 2.05) is 54.7 Å². The van der Waals surface area contributed by atoms with Gasteiger partial charge in [0.1, 0.15) is 11.6 Å². The van der Waals surface area contributed by atoms with Crippen molar-refractivity contribution in [1.29, 1.82) is 0 Å². The lowest BCUT2D eigenvalue weighted by molar-refractivity contribution is 0.245. The Labute approximate surface area is 177 Å². The number of aromatic nitrogens is 2. The van der Waals surface area contributed by atoms with E-state index < -0.39 is 0 Å². The zero-order valence-corrected chi connectivity index (χ0v) is 17.2. The third kappa shape index (κ3) is 4.80. The summed E-state index contributed by atoms with van der Waals surface area (Å²) in [5.41, 5.74) is 1.91. The highest BCUT2D eigenvalue weighted by Crippen LogP contribution is 2.33. The van der Waals surface area contributed by atoms with Crippen molar-refractivity contribution in [2.75, 3.05) is 43.5 Å². The van der Waals surface area contributed by atoms with Gasteiger partial charge < -0.3 is 20.1 Å². The van der Waals surface area contributed by atoms with Crippen molar-refractivity contribution in [3.8, 4) is 11.5 Å². The lowest BCUT2D eigenvalue weighted by Gasteiger charge is -2.35. The van der Waals surface area contributed by atoms with Crippen LogP contribution >= 0.6 is 0 Å². The highest BCUT2D eigenvalue weighted by atomic mass is 16.5. The van der Waals surface area contributed by atoms with Crippen LogP contribution in [0.1, 0.15) is 11.1 Å². The predicted molar refractivity (Wildman–Crippen MR) is 118 cm³/mol. The number of ether oxygens (including phenoxy) is 1. The van der Waals surface area contributed by atoms with Crippen LogP contribution in [0, 0.1) is 0 Å². The molecule has 4 rings (SSSR count). The molecule has 7 heteroatoms. The first-order chi connectivity index (χ1) is 14.7. The monoisotopic (exact) mass is 405 g/mol. The van der Waals surface area contributed by atoms with E-state index >= 15 is 0 Å². The highest BCUT2D eigenvalue weighted by Gasteiger charge is 2.20. The molecule has 7 nitrogen and oxygen atoms in total. The van der Waals surface area contributed by atoms with Gasteiger partial charge in [0.15, 0.2) is 11.5 Å². The van der Waals surface area contributed by atoms with E-state index in [1.165, 1.54) is 0 Å². The Morgan fingerprint density at radius 3 is 2.43 bits per heavy atom. The second-order valence-electron chi connectivity index (χ2n) is 7.33. The molecule has 3 heterocycles. The minimum Gasteiger partial charge on any atom is -0.504 e. The van der Waals surface area contributed by atoms with E-state index in [0.29, 0.717) is 18.8 Å². The maximum Gasteiger partial charge on any atom is 0.162 e. The molecule has 0 bridgehead atoms. The average molecular weight is 406 g/mol. The standard InChI is InChI=1S/C23H27N5O2/c1-30-20-15-18(16-26-21-6-2-4-8-24-21)14-19(23(20)29)17-27-10-12-28(13-11-27)22-7-3-5-9-25-22/h2-9,14-15,29H,10-13,16-17H2,1H3,(H,24,26). The van der Waals surface area contributed by atoms with Gasteiger partial charge in [-0.3, -0.25) is 4.90 Å². The lowest BCUT2D eigenvalue weighted by atomic mass is 10.1. The SMILES string of the molecule is COc1cc(CNc2ccccn2)cc(CN2CCN(c3ccccn3)CC2)c1O. The molecule has 2 aromatic heterocycles. The third-order valence-corrected chi connectivity index (χ3v) is 5.31. The number of nitrogens with one attached hydrogen (secondary N) is 1. The van der Waals surface area contributed by atoms with E-state index in [9.17, 15) is 5.11 Å². The van der Waals surface area contributed by atoms with Crippen LogP contribution in [-0.2, 0) is 13.1 Å². The van der Waals surface area contributed by atoms with E-state index in [2.05, 4.69) is 25.1 Å². The number of anilines is 2. The van der Waals surface area contributed by atoms with Crippen LogP contribution in [0.5, 0.6) is 11.5 Å². The molecule has 1 saturated heterocycles. The number of phenolic OH excluding ortho intramolecular Hbond substituents is 1. The van der Waals surface area contributed by atoms with Gasteiger partial charge in [0, 0.05) is 57.2 Å². The second-order valence-corrected chi connectivity index (χ2v) is 7.33. The van der Waals surface area contributed by atoms with Gasteiger partial charge >= 0.3 is 0 Å². The molecule has 3 aromatic rings. The normalized spacial score (nSPS) is 14.5. The molecule has 0 atom stereocenters. The quantitative estimate of drug-likeness (QED) is 0.626. The summed E-state index contributed by atoms with van der Waals surface area (Å²) in [6.45, 7) is 4.93. The van der Waals surface area contributed by atoms with Gasteiger partial charge in [-0.25, -0.2) is 9.97 Å². The Bertz CT molecular complexity index is 945. The summed E-state index contributed by atoms with van der Waals surface area (Å²) >= 11 is 0. The van der Waals surface area contributed by atoms with Gasteiger partial charge in [0.25, 0.3) is 0 Å². The Hall–Kier alpha value is -3.32. The van der Waals surface area contributed by atoms with Gasteiger partial charge in [-0.2, -0.15) is 0 Å². The lowest BCUT2D eigenvalue weighted by Crippen LogP contribution is -2.46. The van der Waals surface area contributed by atoms with Gasteiger partial charge in [-0.15, -0.1) is 0 Å². The van der Waals surface area contributed by atoms with Crippen molar-refractivity contribution >= 4 is 11.6 Å². The summed E-state index contributed by atoms with van der Waals surface area (Å²) in [6, 6.07) is 15.7. The molecule has 1 aliphatic heterocycles. The maximum atomic E-state index is 10.7. The Balaban J connectivity index is 1.42. The molecule has 0 saturated carbocycles. The predicted octanol–water partition coefficient (Wildman–Crippen LogP) is 3.13. The summed E-state index contributed by atoms with van der Waals surface area (Å²) in [5, 5.41) is 14.0. The third-order valence-electron chi connectivity index (χ3n) is 5.31. The number of methoxy groups -OCH3 is 1. The van der Waals surface area contributed by atoms with E-state index in [0.717, 1.165) is 48.9 Å². The van der Waals surface area contributed by atoms with Crippen LogP contribution in [-0.4, -0.2) is 53.3 Å². The van der Waals surface area contributed by atoms with Crippen molar-refractivity contribution in [3.63, 3.8) is 0 Å². The van der Waals surface area contributed by atoms with Crippen LogP contribution in [0.25, 0.3) is 0 Å². The van der Waals surface area contributed by atoms with Gasteiger partial charge in [0.2, 0.25) is 0 Å². The molecule has 0 spiro atoms. The number of hydrogen-bond acceptors (Lipinski definition) is 7. The summed E-state index contributed by atoms with van der Waals surface area (Å²) < 4.78 is 5.41. The molecule has 1 aliphatic rings. The zero-order valence-electron chi connectivity index (χ0n) is 17.2. The molecule has 1 aromatic carbocycles. The second kappa shape index (κ2) is 9.45. The largest absolute Gasteiger partial charge is 0.504 e. The van der Waals surface area contributed by atoms with Crippen molar-refractivity contribution in [2.24, 2.45) is 0 Å². The Morgan fingerprint density at radius 2 is 1.77 bits per heavy atom. The molecule has 1 fully saturated rings. The van der Waals surface area contributed by atoms with E-state index in [-0.39, 0.29) is 5.75 Å². The Kier molecular flexibility index (Phi) is 6.29. The number of aromatic hydroxyl groups is 1. The van der Waals surface area contributed by atoms with Crippen LogP contribution in [0.4, 0.5) is 11.6 Å². The van der Waals surface area contributed by atoms with E-state index in [1.54, 1.807) is 13.3 Å². The van der Waals surface area contributed by atoms with Crippen LogP contribution < -0.4 is 15.0 Å². The van der Waals surface area contributed by atoms with E-state index in [4.69, 9.17) is 4.74 Å². The van der Waals surface area contributed by atoms with Gasteiger partial charge in [0.05, 0.1) is 7.11 Å². The van der Waals surface area contributed by atoms with Gasteiger partial charge in [-0.1, -0.05) is 12.1 Å². The minimum absolute atomic E-state index is 0.214. The van der Waals surface area contributed by atoms with Crippen LogP contribution in [0.15, 0.2) is 60.9 Å². The van der Waals surface area contributed by atoms with Crippen LogP contribution in [0.3, 0.4) is 0 Å². The molecule has 156 valence electrons. The van der Waals surface area contributed by atoms with Crippen molar-refractivity contribution in [2.45, 2.75) is 13.1 Å². The number of rotatable bonds is 7. The molecule has 30 heavy (non-hydrogen) atoms. The summed E-state index contributed by atoms with van der Waals surface area (Å²) in [7, 11) is 1.58. The number of piperazine rings is 1. The van der Waals surface area contributed by atoms with Gasteiger partial charge in [-0.05, 0) is 42.0 Å². The first-order valence-electron chi connectivity index (χ1n) is 10.1. The molecular formula is C23H27N5O2. The average Bonchev–Trinajstić information content (AvgIpc) is 2.81. The molecule has 0 amide bonds. The molecule has 0 unspecified atom stereocenters. The number of hydrogen-bond donors (Lipinski definition) is 2. The number of phenols is 1. The number of nitrogens with zero attached hydrogens (tertiary/aromatic N) is 4. The topological polar surface area (TPSA) is 73.8 Å². The number of benzene rings is 1. The zero-order chi connectivity index (χ0) is 20.8. The fourth-order valence-electron chi connectivity index (χ4n) is 3.68. The summed E-state index contributed by atoms with van der Waals surface area (Å²) in [6.07, 6.45) is 3.59. The minimum atomic E-state index is 0.214. The van der Waals surface area contributed by atoms with Crippen molar-refractivity contribution in [3.05, 3.63) is 72.1 Å². The van der Waals surface area contributed by atoms with Crippen molar-refractivity contribution in [1.82, 2.24) is 14.9 Å². The smallest absolute Gasteiger partial charge is 0.162 e.